The minimum Gasteiger partial charge on any atom is -0.305 e. The molecular formula is C35H36N2O2. The molecule has 198 valence electrons. The Balaban J connectivity index is 1.52. The molecule has 4 nitrogen and oxygen atoms in total. The van der Waals surface area contributed by atoms with E-state index >= 15 is 0 Å². The Hall–Kier alpha value is -4.18. The van der Waals surface area contributed by atoms with Gasteiger partial charge in [-0.2, -0.15) is 0 Å². The molecule has 0 radical (unpaired) electrons. The molecule has 5 rings (SSSR count). The monoisotopic (exact) mass is 516 g/mol. The van der Waals surface area contributed by atoms with Crippen molar-refractivity contribution in [2.75, 3.05) is 9.80 Å². The molecule has 0 saturated carbocycles. The van der Waals surface area contributed by atoms with Gasteiger partial charge in [0, 0.05) is 28.5 Å². The normalized spacial score (nSPS) is 16.4. The Morgan fingerprint density at radius 1 is 0.769 bits per heavy atom. The summed E-state index contributed by atoms with van der Waals surface area (Å²) in [6.45, 7) is 4.28. The van der Waals surface area contributed by atoms with Crippen LogP contribution in [0.4, 0.5) is 11.4 Å². The van der Waals surface area contributed by atoms with E-state index in [-0.39, 0.29) is 23.9 Å². The number of amides is 2. The summed E-state index contributed by atoms with van der Waals surface area (Å²) in [5.74, 6) is -0.0543. The third-order valence-electron chi connectivity index (χ3n) is 7.63. The highest BCUT2D eigenvalue weighted by Crippen LogP contribution is 2.43. The standard InChI is InChI=1S/C35H36N2O2/c1-3-4-7-14-27-21-23-29(24-22-27)35(39)37(30-17-10-6-11-18-30)33-25-26(2)36(32-20-13-12-19-31(32)33)34(38)28-15-8-5-9-16-28/h5-6,8-13,15-24,26,33H,3-4,7,14,25H2,1-2H3/t26-,33+/m1/s1. The molecule has 2 amide bonds. The van der Waals surface area contributed by atoms with Crippen molar-refractivity contribution in [1.29, 1.82) is 0 Å². The molecule has 0 saturated heterocycles. The molecule has 4 aromatic carbocycles. The van der Waals surface area contributed by atoms with E-state index in [9.17, 15) is 9.59 Å². The Morgan fingerprint density at radius 2 is 1.41 bits per heavy atom. The fourth-order valence-corrected chi connectivity index (χ4v) is 5.62. The number of rotatable bonds is 8. The summed E-state index contributed by atoms with van der Waals surface area (Å²) in [6.07, 6.45) is 5.23. The molecule has 1 aliphatic rings. The van der Waals surface area contributed by atoms with Crippen molar-refractivity contribution >= 4 is 23.2 Å². The van der Waals surface area contributed by atoms with Crippen molar-refractivity contribution in [2.45, 2.75) is 58.0 Å². The van der Waals surface area contributed by atoms with Crippen molar-refractivity contribution in [3.8, 4) is 0 Å². The number of fused-ring (bicyclic) bond motifs is 1. The number of unbranched alkanes of at least 4 members (excludes halogenated alkanes) is 2. The van der Waals surface area contributed by atoms with Gasteiger partial charge in [-0.3, -0.25) is 9.59 Å². The molecule has 0 N–H and O–H groups in total. The Morgan fingerprint density at radius 3 is 2.10 bits per heavy atom. The van der Waals surface area contributed by atoms with Gasteiger partial charge in [0.1, 0.15) is 0 Å². The number of benzene rings is 4. The number of aryl methyl sites for hydroxylation is 1. The lowest BCUT2D eigenvalue weighted by atomic mass is 9.89. The van der Waals surface area contributed by atoms with Gasteiger partial charge in [-0.05, 0) is 79.8 Å². The van der Waals surface area contributed by atoms with Crippen molar-refractivity contribution in [3.63, 3.8) is 0 Å². The topological polar surface area (TPSA) is 40.6 Å². The number of hydrogen-bond acceptors (Lipinski definition) is 2. The summed E-state index contributed by atoms with van der Waals surface area (Å²) in [6, 6.07) is 35.1. The van der Waals surface area contributed by atoms with Crippen molar-refractivity contribution in [1.82, 2.24) is 0 Å². The molecule has 2 atom stereocenters. The highest BCUT2D eigenvalue weighted by Gasteiger charge is 2.39. The molecule has 39 heavy (non-hydrogen) atoms. The van der Waals surface area contributed by atoms with E-state index in [1.54, 1.807) is 0 Å². The van der Waals surface area contributed by atoms with E-state index in [2.05, 4.69) is 32.0 Å². The second kappa shape index (κ2) is 12.1. The van der Waals surface area contributed by atoms with E-state index in [1.807, 2.05) is 101 Å². The lowest BCUT2D eigenvalue weighted by Crippen LogP contribution is -2.47. The van der Waals surface area contributed by atoms with Crippen LogP contribution in [-0.2, 0) is 6.42 Å². The summed E-state index contributed by atoms with van der Waals surface area (Å²) < 4.78 is 0. The third kappa shape index (κ3) is 5.65. The summed E-state index contributed by atoms with van der Waals surface area (Å²) in [5.41, 5.74) is 5.28. The van der Waals surface area contributed by atoms with Crippen molar-refractivity contribution in [2.24, 2.45) is 0 Å². The van der Waals surface area contributed by atoms with Crippen molar-refractivity contribution in [3.05, 3.63) is 131 Å². The number of anilines is 2. The molecule has 1 heterocycles. The minimum atomic E-state index is -0.213. The van der Waals surface area contributed by atoms with Crippen LogP contribution in [-0.4, -0.2) is 17.9 Å². The van der Waals surface area contributed by atoms with Gasteiger partial charge >= 0.3 is 0 Å². The maximum absolute atomic E-state index is 14.2. The molecule has 4 heteroatoms. The highest BCUT2D eigenvalue weighted by molar-refractivity contribution is 6.09. The van der Waals surface area contributed by atoms with Crippen LogP contribution in [0, 0.1) is 0 Å². The van der Waals surface area contributed by atoms with E-state index in [1.165, 1.54) is 18.4 Å². The summed E-state index contributed by atoms with van der Waals surface area (Å²) >= 11 is 0. The van der Waals surface area contributed by atoms with Gasteiger partial charge in [0.05, 0.1) is 6.04 Å². The van der Waals surface area contributed by atoms with Crippen LogP contribution in [0.3, 0.4) is 0 Å². The maximum Gasteiger partial charge on any atom is 0.258 e. The summed E-state index contributed by atoms with van der Waals surface area (Å²) in [4.78, 5) is 31.7. The molecule has 0 spiro atoms. The lowest BCUT2D eigenvalue weighted by molar-refractivity contribution is 0.0965. The van der Waals surface area contributed by atoms with E-state index in [0.29, 0.717) is 17.5 Å². The number of carbonyl (C=O) groups excluding carboxylic acids is 2. The zero-order chi connectivity index (χ0) is 27.2. The second-order valence-electron chi connectivity index (χ2n) is 10.4. The van der Waals surface area contributed by atoms with Crippen LogP contribution in [0.25, 0.3) is 0 Å². The zero-order valence-electron chi connectivity index (χ0n) is 22.8. The van der Waals surface area contributed by atoms with Crippen LogP contribution in [0.15, 0.2) is 109 Å². The van der Waals surface area contributed by atoms with Gasteiger partial charge in [-0.25, -0.2) is 0 Å². The summed E-state index contributed by atoms with van der Waals surface area (Å²) in [5, 5.41) is 0. The predicted molar refractivity (Wildman–Crippen MR) is 159 cm³/mol. The van der Waals surface area contributed by atoms with Gasteiger partial charge in [0.2, 0.25) is 0 Å². The lowest BCUT2D eigenvalue weighted by Gasteiger charge is -2.43. The predicted octanol–water partition coefficient (Wildman–Crippen LogP) is 8.25. The van der Waals surface area contributed by atoms with Crippen LogP contribution >= 0.6 is 0 Å². The van der Waals surface area contributed by atoms with Gasteiger partial charge in [0.15, 0.2) is 0 Å². The van der Waals surface area contributed by atoms with Crippen LogP contribution in [0.1, 0.15) is 77.4 Å². The van der Waals surface area contributed by atoms with Crippen LogP contribution in [0.2, 0.25) is 0 Å². The Kier molecular flexibility index (Phi) is 8.21. The molecule has 0 fully saturated rings. The largest absolute Gasteiger partial charge is 0.305 e. The molecular weight excluding hydrogens is 480 g/mol. The first-order valence-corrected chi connectivity index (χ1v) is 14.0. The number of carbonyl (C=O) groups is 2. The SMILES string of the molecule is CCCCCc1ccc(C(=O)N(c2ccccc2)[C@H]2C[C@@H](C)N(C(=O)c3ccccc3)c3ccccc32)cc1. The first kappa shape index (κ1) is 26.4. The maximum atomic E-state index is 14.2. The fraction of sp³-hybridized carbons (Fsp3) is 0.257. The number of nitrogens with zero attached hydrogens (tertiary/aromatic N) is 2. The molecule has 0 bridgehead atoms. The molecule has 0 aromatic heterocycles. The average Bonchev–Trinajstić information content (AvgIpc) is 2.98. The van der Waals surface area contributed by atoms with Crippen LogP contribution < -0.4 is 9.80 Å². The number of para-hydroxylation sites is 2. The van der Waals surface area contributed by atoms with E-state index in [0.717, 1.165) is 29.8 Å². The van der Waals surface area contributed by atoms with Crippen molar-refractivity contribution < 1.29 is 9.59 Å². The van der Waals surface area contributed by atoms with Gasteiger partial charge in [-0.15, -0.1) is 0 Å². The molecule has 0 aliphatic carbocycles. The quantitative estimate of drug-likeness (QED) is 0.221. The molecule has 4 aromatic rings. The van der Waals surface area contributed by atoms with Gasteiger partial charge in [-0.1, -0.05) is 86.5 Å². The Bertz CT molecular complexity index is 1400. The van der Waals surface area contributed by atoms with Gasteiger partial charge < -0.3 is 9.80 Å². The van der Waals surface area contributed by atoms with E-state index in [4.69, 9.17) is 0 Å². The first-order chi connectivity index (χ1) is 19.1. The highest BCUT2D eigenvalue weighted by atomic mass is 16.2. The minimum absolute atomic E-state index is 0.0229. The van der Waals surface area contributed by atoms with E-state index < -0.39 is 0 Å². The van der Waals surface area contributed by atoms with Gasteiger partial charge in [0.25, 0.3) is 11.8 Å². The average molecular weight is 517 g/mol. The van der Waals surface area contributed by atoms with Crippen LogP contribution in [0.5, 0.6) is 0 Å². The number of hydrogen-bond donors (Lipinski definition) is 0. The molecule has 1 aliphatic heterocycles. The third-order valence-corrected chi connectivity index (χ3v) is 7.63. The smallest absolute Gasteiger partial charge is 0.258 e. The second-order valence-corrected chi connectivity index (χ2v) is 10.4. The molecule has 0 unspecified atom stereocenters. The fourth-order valence-electron chi connectivity index (χ4n) is 5.62. The zero-order valence-corrected chi connectivity index (χ0v) is 22.8. The Labute approximate surface area is 231 Å². The summed E-state index contributed by atoms with van der Waals surface area (Å²) in [7, 11) is 0. The first-order valence-electron chi connectivity index (χ1n) is 14.0.